The lowest BCUT2D eigenvalue weighted by molar-refractivity contribution is -0.123. The molecule has 1 aromatic carbocycles. The first kappa shape index (κ1) is 19.5. The Bertz CT molecular complexity index is 826. The normalized spacial score (nSPS) is 16.1. The van der Waals surface area contributed by atoms with Gasteiger partial charge in [-0.25, -0.2) is 4.98 Å². The lowest BCUT2D eigenvalue weighted by atomic mass is 10.1. The first-order valence-corrected chi connectivity index (χ1v) is 9.81. The quantitative estimate of drug-likeness (QED) is 0.768. The van der Waals surface area contributed by atoms with Crippen molar-refractivity contribution >= 4 is 16.8 Å². The van der Waals surface area contributed by atoms with Gasteiger partial charge >= 0.3 is 0 Å². The van der Waals surface area contributed by atoms with Crippen molar-refractivity contribution in [3.8, 4) is 0 Å². The summed E-state index contributed by atoms with van der Waals surface area (Å²) in [6, 6.07) is 7.55. The highest BCUT2D eigenvalue weighted by molar-refractivity contribution is 5.78. The predicted octanol–water partition coefficient (Wildman–Crippen LogP) is 1.35. The molecule has 0 saturated carbocycles. The fourth-order valence-electron chi connectivity index (χ4n) is 3.57. The van der Waals surface area contributed by atoms with Crippen LogP contribution in [0.1, 0.15) is 32.5 Å². The highest BCUT2D eigenvalue weighted by atomic mass is 16.2. The van der Waals surface area contributed by atoms with Crippen LogP contribution in [0, 0.1) is 0 Å². The van der Waals surface area contributed by atoms with E-state index in [0.717, 1.165) is 32.5 Å². The molecule has 7 heteroatoms. The second-order valence-corrected chi connectivity index (χ2v) is 7.11. The summed E-state index contributed by atoms with van der Waals surface area (Å²) in [6.07, 6.45) is 2.01. The van der Waals surface area contributed by atoms with E-state index in [1.807, 2.05) is 30.0 Å². The molecule has 0 radical (unpaired) electrons. The number of likely N-dealkylation sites (N-methyl/N-ethyl adjacent to an activating group) is 1. The number of likely N-dealkylation sites (tertiary alicyclic amines) is 1. The number of amides is 1. The summed E-state index contributed by atoms with van der Waals surface area (Å²) in [4.78, 5) is 36.4. The second kappa shape index (κ2) is 9.10. The smallest absolute Gasteiger partial charge is 0.258 e. The molecule has 0 atom stereocenters. The van der Waals surface area contributed by atoms with E-state index in [1.165, 1.54) is 0 Å². The van der Waals surface area contributed by atoms with Crippen molar-refractivity contribution in [3.05, 3.63) is 40.4 Å². The number of hydrogen-bond donors (Lipinski definition) is 2. The Morgan fingerprint density at radius 1 is 1.30 bits per heavy atom. The molecule has 1 saturated heterocycles. The summed E-state index contributed by atoms with van der Waals surface area (Å²) >= 11 is 0. The summed E-state index contributed by atoms with van der Waals surface area (Å²) in [5, 5.41) is 3.74. The molecule has 2 N–H and O–H groups in total. The molecule has 0 spiro atoms. The monoisotopic (exact) mass is 371 g/mol. The Labute approximate surface area is 159 Å². The van der Waals surface area contributed by atoms with Crippen LogP contribution < -0.4 is 10.9 Å². The maximum absolute atomic E-state index is 12.4. The molecule has 1 fully saturated rings. The summed E-state index contributed by atoms with van der Waals surface area (Å²) in [7, 11) is 0. The highest BCUT2D eigenvalue weighted by Gasteiger charge is 2.20. The molecule has 146 valence electrons. The van der Waals surface area contributed by atoms with Crippen LogP contribution in [0.5, 0.6) is 0 Å². The number of benzene rings is 1. The highest BCUT2D eigenvalue weighted by Crippen LogP contribution is 2.10. The van der Waals surface area contributed by atoms with Crippen LogP contribution in [0.2, 0.25) is 0 Å². The minimum absolute atomic E-state index is 0.0370. The molecule has 7 nitrogen and oxygen atoms in total. The van der Waals surface area contributed by atoms with Gasteiger partial charge in [-0.3, -0.25) is 14.5 Å². The van der Waals surface area contributed by atoms with Crippen LogP contribution in [-0.2, 0) is 11.3 Å². The Morgan fingerprint density at radius 2 is 2.04 bits per heavy atom. The van der Waals surface area contributed by atoms with E-state index in [9.17, 15) is 9.59 Å². The van der Waals surface area contributed by atoms with Gasteiger partial charge in [0.2, 0.25) is 5.91 Å². The third kappa shape index (κ3) is 5.14. The Morgan fingerprint density at radius 3 is 2.74 bits per heavy atom. The summed E-state index contributed by atoms with van der Waals surface area (Å²) in [5.41, 5.74) is 0.540. The number of piperidine rings is 1. The van der Waals surface area contributed by atoms with Crippen molar-refractivity contribution in [2.45, 2.75) is 39.3 Å². The van der Waals surface area contributed by atoms with Gasteiger partial charge in [-0.2, -0.15) is 0 Å². The maximum atomic E-state index is 12.4. The molecule has 3 rings (SSSR count). The van der Waals surface area contributed by atoms with Crippen LogP contribution in [0.25, 0.3) is 10.9 Å². The largest absolute Gasteiger partial charge is 0.352 e. The zero-order valence-electron chi connectivity index (χ0n) is 16.2. The van der Waals surface area contributed by atoms with Crippen molar-refractivity contribution < 1.29 is 4.79 Å². The molecule has 1 aliphatic rings. The van der Waals surface area contributed by atoms with Crippen LogP contribution in [0.15, 0.2) is 29.1 Å². The summed E-state index contributed by atoms with van der Waals surface area (Å²) < 4.78 is 0. The first-order valence-electron chi connectivity index (χ1n) is 9.81. The van der Waals surface area contributed by atoms with Gasteiger partial charge < -0.3 is 15.2 Å². The molecule has 2 aromatic rings. The number of para-hydroxylation sites is 1. The number of aromatic nitrogens is 2. The van der Waals surface area contributed by atoms with E-state index in [1.54, 1.807) is 6.07 Å². The molecule has 1 amide bonds. The molecule has 2 heterocycles. The van der Waals surface area contributed by atoms with Crippen molar-refractivity contribution in [2.75, 3.05) is 32.7 Å². The topological polar surface area (TPSA) is 81.3 Å². The number of carbonyl (C=O) groups is 1. The summed E-state index contributed by atoms with van der Waals surface area (Å²) in [5.74, 6) is 0.625. The lowest BCUT2D eigenvalue weighted by Gasteiger charge is -2.32. The van der Waals surface area contributed by atoms with Crippen molar-refractivity contribution in [1.82, 2.24) is 25.1 Å². The average molecular weight is 371 g/mol. The van der Waals surface area contributed by atoms with Crippen molar-refractivity contribution in [3.63, 3.8) is 0 Å². The van der Waals surface area contributed by atoms with Gasteiger partial charge in [0.1, 0.15) is 5.82 Å². The number of rotatable bonds is 7. The first-order chi connectivity index (χ1) is 13.1. The number of nitrogens with zero attached hydrogens (tertiary/aromatic N) is 3. The molecular weight excluding hydrogens is 342 g/mol. The number of nitrogens with one attached hydrogen (secondary N) is 2. The van der Waals surface area contributed by atoms with E-state index >= 15 is 0 Å². The zero-order valence-corrected chi connectivity index (χ0v) is 16.2. The van der Waals surface area contributed by atoms with Gasteiger partial charge in [0, 0.05) is 19.1 Å². The molecule has 1 aromatic heterocycles. The van der Waals surface area contributed by atoms with Gasteiger partial charge in [-0.15, -0.1) is 0 Å². The number of aromatic amines is 1. The molecule has 0 bridgehead atoms. The Kier molecular flexibility index (Phi) is 6.58. The second-order valence-electron chi connectivity index (χ2n) is 7.11. The van der Waals surface area contributed by atoms with Gasteiger partial charge in [0.05, 0.1) is 24.0 Å². The van der Waals surface area contributed by atoms with Gasteiger partial charge in [0.15, 0.2) is 0 Å². The van der Waals surface area contributed by atoms with Gasteiger partial charge in [0.25, 0.3) is 5.56 Å². The van der Waals surface area contributed by atoms with Crippen LogP contribution in [-0.4, -0.2) is 64.4 Å². The summed E-state index contributed by atoms with van der Waals surface area (Å²) in [6.45, 7) is 8.79. The molecule has 1 aliphatic heterocycles. The standard InChI is InChI=1S/C20H29N5O2/c1-3-24-11-9-15(10-12-24)21-19(26)14-25(4-2)13-18-22-17-8-6-5-7-16(17)20(27)23-18/h5-8,15H,3-4,9-14H2,1-2H3,(H,21,26)(H,22,23,27). The van der Waals surface area contributed by atoms with E-state index in [-0.39, 0.29) is 17.5 Å². The molecule has 0 aliphatic carbocycles. The fourth-order valence-corrected chi connectivity index (χ4v) is 3.57. The van der Waals surface area contributed by atoms with Crippen molar-refractivity contribution in [1.29, 1.82) is 0 Å². The molecule has 27 heavy (non-hydrogen) atoms. The third-order valence-corrected chi connectivity index (χ3v) is 5.25. The van der Waals surface area contributed by atoms with E-state index in [0.29, 0.717) is 36.4 Å². The third-order valence-electron chi connectivity index (χ3n) is 5.25. The van der Waals surface area contributed by atoms with E-state index < -0.39 is 0 Å². The number of carbonyl (C=O) groups excluding carboxylic acids is 1. The Balaban J connectivity index is 1.57. The van der Waals surface area contributed by atoms with Gasteiger partial charge in [-0.05, 0) is 38.1 Å². The predicted molar refractivity (Wildman–Crippen MR) is 107 cm³/mol. The average Bonchev–Trinajstić information content (AvgIpc) is 2.68. The number of hydrogen-bond acceptors (Lipinski definition) is 5. The van der Waals surface area contributed by atoms with Crippen molar-refractivity contribution in [2.24, 2.45) is 0 Å². The molecule has 0 unspecified atom stereocenters. The maximum Gasteiger partial charge on any atom is 0.258 e. The SMILES string of the molecule is CCN1CCC(NC(=O)CN(CC)Cc2nc3ccccc3c(=O)[nH]2)CC1. The minimum atomic E-state index is -0.140. The van der Waals surface area contributed by atoms with Crippen LogP contribution in [0.4, 0.5) is 0 Å². The Hall–Kier alpha value is -2.25. The number of H-pyrrole nitrogens is 1. The minimum Gasteiger partial charge on any atom is -0.352 e. The van der Waals surface area contributed by atoms with Gasteiger partial charge in [-0.1, -0.05) is 26.0 Å². The zero-order chi connectivity index (χ0) is 19.2. The van der Waals surface area contributed by atoms with Crippen LogP contribution >= 0.6 is 0 Å². The van der Waals surface area contributed by atoms with E-state index in [4.69, 9.17) is 0 Å². The van der Waals surface area contributed by atoms with Crippen LogP contribution in [0.3, 0.4) is 0 Å². The lowest BCUT2D eigenvalue weighted by Crippen LogP contribution is -2.47. The molecular formula is C20H29N5O2. The van der Waals surface area contributed by atoms with E-state index in [2.05, 4.69) is 27.1 Å². The number of fused-ring (bicyclic) bond motifs is 1. The fraction of sp³-hybridized carbons (Fsp3) is 0.550.